The lowest BCUT2D eigenvalue weighted by Gasteiger charge is -2.18. The molecule has 34 heavy (non-hydrogen) atoms. The van der Waals surface area contributed by atoms with E-state index in [-0.39, 0.29) is 30.1 Å². The molecule has 0 radical (unpaired) electrons. The summed E-state index contributed by atoms with van der Waals surface area (Å²) in [5.74, 6) is 0.111. The monoisotopic (exact) mass is 462 g/mol. The molecule has 1 aliphatic heterocycles. The van der Waals surface area contributed by atoms with E-state index in [1.54, 1.807) is 55.5 Å². The normalized spacial score (nSPS) is 17.3. The van der Waals surface area contributed by atoms with Crippen LogP contribution in [0.1, 0.15) is 27.4 Å². The number of nitrogens with one attached hydrogen (secondary N) is 1. The lowest BCUT2D eigenvalue weighted by molar-refractivity contribution is -0.125. The molecule has 1 N–H and O–H groups in total. The molecule has 1 aliphatic rings. The zero-order chi connectivity index (χ0) is 24.1. The number of likely N-dealkylation sites (tertiary alicyclic amines) is 1. The fourth-order valence-corrected chi connectivity index (χ4v) is 4.29. The minimum atomic E-state index is -0.427. The Morgan fingerprint density at radius 1 is 0.941 bits per heavy atom. The molecular weight excluding hydrogens is 435 g/mol. The van der Waals surface area contributed by atoms with E-state index in [2.05, 4.69) is 5.32 Å². The van der Waals surface area contributed by atoms with Crippen LogP contribution in [0.5, 0.6) is 11.5 Å². The van der Waals surface area contributed by atoms with Crippen molar-refractivity contribution in [3.05, 3.63) is 95.3 Å². The highest BCUT2D eigenvalue weighted by Crippen LogP contribution is 2.35. The second-order valence-corrected chi connectivity index (χ2v) is 8.27. The smallest absolute Gasteiger partial charge is 0.254 e. The summed E-state index contributed by atoms with van der Waals surface area (Å²) < 4.78 is 23.7. The predicted molar refractivity (Wildman–Crippen MR) is 126 cm³/mol. The van der Waals surface area contributed by atoms with Gasteiger partial charge in [-0.2, -0.15) is 0 Å². The Hall–Kier alpha value is -3.87. The van der Waals surface area contributed by atoms with Crippen LogP contribution in [0.4, 0.5) is 4.39 Å². The third-order valence-electron chi connectivity index (χ3n) is 6.18. The Morgan fingerprint density at radius 2 is 1.65 bits per heavy atom. The highest BCUT2D eigenvalue weighted by atomic mass is 19.1. The van der Waals surface area contributed by atoms with Crippen LogP contribution in [-0.2, 0) is 11.3 Å². The molecule has 7 heteroatoms. The maximum atomic E-state index is 13.3. The van der Waals surface area contributed by atoms with Gasteiger partial charge in [0.2, 0.25) is 5.91 Å². The maximum absolute atomic E-state index is 13.3. The van der Waals surface area contributed by atoms with Crippen LogP contribution < -0.4 is 14.8 Å². The van der Waals surface area contributed by atoms with Crippen molar-refractivity contribution in [2.45, 2.75) is 12.5 Å². The molecule has 0 aliphatic carbocycles. The number of hydrogen-bond acceptors (Lipinski definition) is 4. The van der Waals surface area contributed by atoms with E-state index in [1.165, 1.54) is 12.1 Å². The van der Waals surface area contributed by atoms with Gasteiger partial charge in [-0.1, -0.05) is 30.3 Å². The summed E-state index contributed by atoms with van der Waals surface area (Å²) in [5.41, 5.74) is 2.28. The molecule has 0 aromatic heterocycles. The van der Waals surface area contributed by atoms with E-state index < -0.39 is 5.92 Å². The maximum Gasteiger partial charge on any atom is 0.254 e. The van der Waals surface area contributed by atoms with E-state index in [9.17, 15) is 14.0 Å². The van der Waals surface area contributed by atoms with Gasteiger partial charge in [-0.15, -0.1) is 0 Å². The molecule has 2 amide bonds. The molecule has 3 aromatic carbocycles. The summed E-state index contributed by atoms with van der Waals surface area (Å²) in [5, 5.41) is 2.96. The number of amides is 2. The van der Waals surface area contributed by atoms with E-state index in [0.29, 0.717) is 24.4 Å². The van der Waals surface area contributed by atoms with Gasteiger partial charge in [-0.05, 0) is 53.6 Å². The fourth-order valence-electron chi connectivity index (χ4n) is 4.29. The molecule has 2 atom stereocenters. The largest absolute Gasteiger partial charge is 0.497 e. The highest BCUT2D eigenvalue weighted by molar-refractivity contribution is 5.95. The zero-order valence-electron chi connectivity index (χ0n) is 19.2. The lowest BCUT2D eigenvalue weighted by atomic mass is 9.88. The van der Waals surface area contributed by atoms with Gasteiger partial charge in [-0.25, -0.2) is 4.39 Å². The molecule has 0 spiro atoms. The van der Waals surface area contributed by atoms with Gasteiger partial charge in [-0.3, -0.25) is 9.59 Å². The molecule has 1 heterocycles. The van der Waals surface area contributed by atoms with Crippen LogP contribution in [0, 0.1) is 11.7 Å². The summed E-state index contributed by atoms with van der Waals surface area (Å²) in [6.07, 6.45) is 0. The van der Waals surface area contributed by atoms with Gasteiger partial charge in [0.05, 0.1) is 20.1 Å². The number of benzene rings is 3. The van der Waals surface area contributed by atoms with E-state index in [1.807, 2.05) is 24.3 Å². The molecular formula is C27H27FN2O4. The number of carbonyl (C=O) groups is 2. The van der Waals surface area contributed by atoms with Crippen LogP contribution >= 0.6 is 0 Å². The van der Waals surface area contributed by atoms with E-state index in [0.717, 1.165) is 16.9 Å². The number of hydrogen-bond donors (Lipinski definition) is 1. The molecule has 0 bridgehead atoms. The molecule has 1 fully saturated rings. The van der Waals surface area contributed by atoms with E-state index >= 15 is 0 Å². The topological polar surface area (TPSA) is 67.9 Å². The Labute approximate surface area is 198 Å². The molecule has 1 saturated heterocycles. The number of carbonyl (C=O) groups excluding carboxylic acids is 2. The van der Waals surface area contributed by atoms with Gasteiger partial charge < -0.3 is 19.7 Å². The van der Waals surface area contributed by atoms with Crippen molar-refractivity contribution in [3.8, 4) is 11.5 Å². The fraction of sp³-hybridized carbons (Fsp3) is 0.259. The molecule has 176 valence electrons. The first-order valence-corrected chi connectivity index (χ1v) is 11.1. The molecule has 3 aromatic rings. The number of nitrogens with zero attached hydrogens (tertiary/aromatic N) is 1. The van der Waals surface area contributed by atoms with Gasteiger partial charge in [0.1, 0.15) is 17.3 Å². The molecule has 0 unspecified atom stereocenters. The number of methoxy groups -OCH3 is 2. The predicted octanol–water partition coefficient (Wildman–Crippen LogP) is 4.02. The Morgan fingerprint density at radius 3 is 2.32 bits per heavy atom. The SMILES string of the molecule is COc1ccc([C@H]2CN(C(=O)c3cccc(OC)c3)C[C@@H]2C(=O)NCc2ccc(F)cc2)cc1. The Bertz CT molecular complexity index is 1150. The Kier molecular flexibility index (Phi) is 7.11. The van der Waals surface area contributed by atoms with Crippen LogP contribution in [0.2, 0.25) is 0 Å². The third-order valence-corrected chi connectivity index (χ3v) is 6.18. The van der Waals surface area contributed by atoms with Crippen molar-refractivity contribution in [1.82, 2.24) is 10.2 Å². The number of halogens is 1. The standard InChI is InChI=1S/C27H27FN2O4/c1-33-22-12-8-19(9-13-22)24-16-30(27(32)20-4-3-5-23(14-20)34-2)17-25(24)26(31)29-15-18-6-10-21(28)11-7-18/h3-14,24-25H,15-17H2,1-2H3,(H,29,31)/t24-,25+/m1/s1. The average Bonchev–Trinajstić information content (AvgIpc) is 3.33. The highest BCUT2D eigenvalue weighted by Gasteiger charge is 2.40. The van der Waals surface area contributed by atoms with Crippen LogP contribution in [0.25, 0.3) is 0 Å². The van der Waals surface area contributed by atoms with Gasteiger partial charge in [0.25, 0.3) is 5.91 Å². The van der Waals surface area contributed by atoms with E-state index in [4.69, 9.17) is 9.47 Å². The minimum absolute atomic E-state index is 0.147. The first-order chi connectivity index (χ1) is 16.5. The van der Waals surface area contributed by atoms with Crippen molar-refractivity contribution in [2.75, 3.05) is 27.3 Å². The second kappa shape index (κ2) is 10.4. The van der Waals surface area contributed by atoms with Gasteiger partial charge in [0.15, 0.2) is 0 Å². The second-order valence-electron chi connectivity index (χ2n) is 8.27. The number of ether oxygens (including phenoxy) is 2. The van der Waals surface area contributed by atoms with Gasteiger partial charge in [0, 0.05) is 31.1 Å². The summed E-state index contributed by atoms with van der Waals surface area (Å²) in [6.45, 7) is 0.994. The number of rotatable bonds is 7. The van der Waals surface area contributed by atoms with Crippen LogP contribution in [0.3, 0.4) is 0 Å². The first kappa shape index (κ1) is 23.3. The van der Waals surface area contributed by atoms with Crippen LogP contribution in [-0.4, -0.2) is 44.0 Å². The average molecular weight is 463 g/mol. The molecule has 6 nitrogen and oxygen atoms in total. The first-order valence-electron chi connectivity index (χ1n) is 11.1. The summed E-state index contributed by atoms with van der Waals surface area (Å²) >= 11 is 0. The molecule has 0 saturated carbocycles. The lowest BCUT2D eigenvalue weighted by Crippen LogP contribution is -2.35. The third kappa shape index (κ3) is 5.20. The summed E-state index contributed by atoms with van der Waals surface area (Å²) in [6, 6.07) is 20.6. The summed E-state index contributed by atoms with van der Waals surface area (Å²) in [4.78, 5) is 28.2. The quantitative estimate of drug-likeness (QED) is 0.576. The van der Waals surface area contributed by atoms with Crippen molar-refractivity contribution in [2.24, 2.45) is 5.92 Å². The molecule has 4 rings (SSSR count). The van der Waals surface area contributed by atoms with Crippen molar-refractivity contribution in [3.63, 3.8) is 0 Å². The minimum Gasteiger partial charge on any atom is -0.497 e. The van der Waals surface area contributed by atoms with Crippen LogP contribution in [0.15, 0.2) is 72.8 Å². The van der Waals surface area contributed by atoms with Crippen molar-refractivity contribution >= 4 is 11.8 Å². The van der Waals surface area contributed by atoms with Gasteiger partial charge >= 0.3 is 0 Å². The van der Waals surface area contributed by atoms with Crippen molar-refractivity contribution < 1.29 is 23.5 Å². The summed E-state index contributed by atoms with van der Waals surface area (Å²) in [7, 11) is 3.16. The zero-order valence-corrected chi connectivity index (χ0v) is 19.2. The van der Waals surface area contributed by atoms with Crippen molar-refractivity contribution in [1.29, 1.82) is 0 Å². The Balaban J connectivity index is 1.54.